The number of H-pyrrole nitrogens is 1. The molecule has 2 heterocycles. The van der Waals surface area contributed by atoms with Crippen LogP contribution in [-0.4, -0.2) is 33.0 Å². The lowest BCUT2D eigenvalue weighted by Crippen LogP contribution is -2.26. The first-order valence-electron chi connectivity index (χ1n) is 5.72. The second kappa shape index (κ2) is 5.31. The third-order valence-electron chi connectivity index (χ3n) is 2.81. The van der Waals surface area contributed by atoms with E-state index < -0.39 is 0 Å². The normalized spacial score (nSPS) is 9.95. The molecule has 0 radical (unpaired) electrons. The second-order valence-electron chi connectivity index (χ2n) is 4.23. The minimum Gasteiger partial charge on any atom is -0.337 e. The number of amides is 1. The van der Waals surface area contributed by atoms with Crippen molar-refractivity contribution in [1.82, 2.24) is 20.1 Å². The van der Waals surface area contributed by atoms with Crippen molar-refractivity contribution in [3.8, 4) is 6.07 Å². The molecule has 6 nitrogen and oxygen atoms in total. The molecule has 0 fully saturated rings. The highest BCUT2D eigenvalue weighted by Crippen LogP contribution is 2.09. The van der Waals surface area contributed by atoms with Gasteiger partial charge in [-0.15, -0.1) is 0 Å². The molecule has 6 heteroatoms. The molecule has 19 heavy (non-hydrogen) atoms. The molecule has 0 saturated carbocycles. The van der Waals surface area contributed by atoms with Crippen molar-refractivity contribution < 1.29 is 4.79 Å². The maximum Gasteiger partial charge on any atom is 0.255 e. The molecular formula is C13H13N5O. The van der Waals surface area contributed by atoms with Gasteiger partial charge >= 0.3 is 0 Å². The average Bonchev–Trinajstić information content (AvgIpc) is 2.83. The maximum absolute atomic E-state index is 12.2. The topological polar surface area (TPSA) is 85.7 Å². The van der Waals surface area contributed by atoms with Gasteiger partial charge in [0.05, 0.1) is 11.8 Å². The summed E-state index contributed by atoms with van der Waals surface area (Å²) in [6.07, 6.45) is 3.12. The zero-order chi connectivity index (χ0) is 13.8. The number of aromatic amines is 1. The van der Waals surface area contributed by atoms with Gasteiger partial charge in [0.15, 0.2) is 0 Å². The summed E-state index contributed by atoms with van der Waals surface area (Å²) < 4.78 is 0. The lowest BCUT2D eigenvalue weighted by Gasteiger charge is -2.16. The molecule has 0 unspecified atom stereocenters. The highest BCUT2D eigenvalue weighted by Gasteiger charge is 2.14. The van der Waals surface area contributed by atoms with Crippen LogP contribution >= 0.6 is 0 Å². The van der Waals surface area contributed by atoms with Crippen LogP contribution in [0, 0.1) is 18.3 Å². The quantitative estimate of drug-likeness (QED) is 0.894. The summed E-state index contributed by atoms with van der Waals surface area (Å²) in [5, 5.41) is 15.4. The van der Waals surface area contributed by atoms with Crippen LogP contribution < -0.4 is 0 Å². The number of nitriles is 1. The number of carbonyl (C=O) groups excluding carboxylic acids is 1. The number of rotatable bonds is 3. The monoisotopic (exact) mass is 255 g/mol. The van der Waals surface area contributed by atoms with Crippen LogP contribution in [0.5, 0.6) is 0 Å². The summed E-state index contributed by atoms with van der Waals surface area (Å²) in [5.41, 5.74) is 2.67. The van der Waals surface area contributed by atoms with E-state index in [1.807, 2.05) is 13.0 Å². The first-order valence-corrected chi connectivity index (χ1v) is 5.72. The smallest absolute Gasteiger partial charge is 0.255 e. The van der Waals surface area contributed by atoms with Crippen LogP contribution in [-0.2, 0) is 6.54 Å². The Morgan fingerprint density at radius 2 is 2.26 bits per heavy atom. The van der Waals surface area contributed by atoms with Crippen molar-refractivity contribution in [3.05, 3.63) is 47.0 Å². The Labute approximate surface area is 110 Å². The summed E-state index contributed by atoms with van der Waals surface area (Å²) in [7, 11) is 1.72. The zero-order valence-electron chi connectivity index (χ0n) is 10.7. The van der Waals surface area contributed by atoms with E-state index >= 15 is 0 Å². The first kappa shape index (κ1) is 12.8. The number of hydrogen-bond donors (Lipinski definition) is 1. The Morgan fingerprint density at radius 1 is 1.47 bits per heavy atom. The summed E-state index contributed by atoms with van der Waals surface area (Å²) in [4.78, 5) is 17.6. The van der Waals surface area contributed by atoms with Crippen molar-refractivity contribution >= 4 is 5.91 Å². The Bertz CT molecular complexity index is 623. The van der Waals surface area contributed by atoms with Gasteiger partial charge in [-0.1, -0.05) is 0 Å². The van der Waals surface area contributed by atoms with Gasteiger partial charge in [0.25, 0.3) is 5.91 Å². The largest absolute Gasteiger partial charge is 0.337 e. The van der Waals surface area contributed by atoms with Gasteiger partial charge in [0.2, 0.25) is 0 Å². The summed E-state index contributed by atoms with van der Waals surface area (Å²) >= 11 is 0. The average molecular weight is 255 g/mol. The van der Waals surface area contributed by atoms with Gasteiger partial charge in [0.1, 0.15) is 11.8 Å². The second-order valence-corrected chi connectivity index (χ2v) is 4.23. The minimum absolute atomic E-state index is 0.141. The van der Waals surface area contributed by atoms with Crippen LogP contribution in [0.3, 0.4) is 0 Å². The van der Waals surface area contributed by atoms with E-state index in [2.05, 4.69) is 15.2 Å². The van der Waals surface area contributed by atoms with E-state index in [-0.39, 0.29) is 5.91 Å². The lowest BCUT2D eigenvalue weighted by atomic mass is 10.2. The van der Waals surface area contributed by atoms with Gasteiger partial charge < -0.3 is 4.90 Å². The van der Waals surface area contributed by atoms with E-state index in [1.54, 1.807) is 24.2 Å². The number of pyridine rings is 1. The van der Waals surface area contributed by atoms with Crippen LogP contribution in [0.25, 0.3) is 0 Å². The fraction of sp³-hybridized carbons (Fsp3) is 0.231. The minimum atomic E-state index is -0.141. The van der Waals surface area contributed by atoms with Gasteiger partial charge in [-0.2, -0.15) is 10.4 Å². The van der Waals surface area contributed by atoms with Gasteiger partial charge in [-0.3, -0.25) is 9.89 Å². The third kappa shape index (κ3) is 2.77. The highest BCUT2D eigenvalue weighted by molar-refractivity contribution is 5.93. The number of nitrogens with zero attached hydrogens (tertiary/aromatic N) is 4. The van der Waals surface area contributed by atoms with Crippen LogP contribution in [0.1, 0.15) is 27.3 Å². The molecule has 0 saturated heterocycles. The number of hydrogen-bond acceptors (Lipinski definition) is 4. The van der Waals surface area contributed by atoms with E-state index in [1.165, 1.54) is 12.3 Å². The molecule has 96 valence electrons. The molecule has 2 aromatic heterocycles. The van der Waals surface area contributed by atoms with Crippen molar-refractivity contribution in [3.63, 3.8) is 0 Å². The molecular weight excluding hydrogens is 242 g/mol. The molecule has 0 aliphatic rings. The summed E-state index contributed by atoms with van der Waals surface area (Å²) in [6, 6.07) is 5.05. The van der Waals surface area contributed by atoms with Gasteiger partial charge in [0, 0.05) is 31.0 Å². The van der Waals surface area contributed by atoms with Crippen LogP contribution in [0.15, 0.2) is 24.5 Å². The fourth-order valence-electron chi connectivity index (χ4n) is 1.67. The Kier molecular flexibility index (Phi) is 3.57. The highest BCUT2D eigenvalue weighted by atomic mass is 16.2. The Hall–Kier alpha value is -2.68. The van der Waals surface area contributed by atoms with Crippen molar-refractivity contribution in [2.75, 3.05) is 7.05 Å². The number of aromatic nitrogens is 3. The standard InChI is InChI=1S/C13H13N5O/c1-9-11(7-16-17-9)8-18(2)13(19)10-3-4-12(5-14)15-6-10/h3-4,6-7H,8H2,1-2H3,(H,16,17). The van der Waals surface area contributed by atoms with Crippen LogP contribution in [0.2, 0.25) is 0 Å². The van der Waals surface area contributed by atoms with Crippen molar-refractivity contribution in [1.29, 1.82) is 5.26 Å². The Morgan fingerprint density at radius 3 is 2.79 bits per heavy atom. The van der Waals surface area contributed by atoms with Crippen molar-refractivity contribution in [2.24, 2.45) is 0 Å². The van der Waals surface area contributed by atoms with E-state index in [4.69, 9.17) is 5.26 Å². The zero-order valence-corrected chi connectivity index (χ0v) is 10.7. The molecule has 2 aromatic rings. The molecule has 0 atom stereocenters. The predicted molar refractivity (Wildman–Crippen MR) is 68.1 cm³/mol. The predicted octanol–water partition coefficient (Wildman–Crippen LogP) is 1.26. The number of aryl methyl sites for hydroxylation is 1. The molecule has 0 spiro atoms. The molecule has 0 aliphatic carbocycles. The molecule has 1 amide bonds. The van der Waals surface area contributed by atoms with Crippen molar-refractivity contribution in [2.45, 2.75) is 13.5 Å². The lowest BCUT2D eigenvalue weighted by molar-refractivity contribution is 0.0784. The fourth-order valence-corrected chi connectivity index (χ4v) is 1.67. The molecule has 0 aliphatic heterocycles. The number of carbonyl (C=O) groups is 1. The third-order valence-corrected chi connectivity index (χ3v) is 2.81. The van der Waals surface area contributed by atoms with Crippen LogP contribution in [0.4, 0.5) is 0 Å². The van der Waals surface area contributed by atoms with E-state index in [0.717, 1.165) is 11.3 Å². The van der Waals surface area contributed by atoms with E-state index in [0.29, 0.717) is 17.8 Å². The van der Waals surface area contributed by atoms with Gasteiger partial charge in [-0.05, 0) is 19.1 Å². The molecule has 0 aromatic carbocycles. The summed E-state index contributed by atoms with van der Waals surface area (Å²) in [5.74, 6) is -0.141. The Balaban J connectivity index is 2.10. The summed E-state index contributed by atoms with van der Waals surface area (Å²) in [6.45, 7) is 2.38. The van der Waals surface area contributed by atoms with E-state index in [9.17, 15) is 4.79 Å². The molecule has 0 bridgehead atoms. The van der Waals surface area contributed by atoms with Gasteiger partial charge in [-0.25, -0.2) is 4.98 Å². The first-order chi connectivity index (χ1) is 9.11. The molecule has 2 rings (SSSR count). The number of nitrogens with one attached hydrogen (secondary N) is 1. The maximum atomic E-state index is 12.2. The molecule has 1 N–H and O–H groups in total. The SMILES string of the molecule is Cc1[nH]ncc1CN(C)C(=O)c1ccc(C#N)nc1.